The molecule has 1 atom stereocenters. The third-order valence-electron chi connectivity index (χ3n) is 5.96. The lowest BCUT2D eigenvalue weighted by Crippen LogP contribution is -2.45. The number of aliphatic imine (C=N–C) groups is 1. The number of halogens is 1. The van der Waals surface area contributed by atoms with Crippen molar-refractivity contribution < 1.29 is 9.47 Å². The summed E-state index contributed by atoms with van der Waals surface area (Å²) in [7, 11) is 1.86. The van der Waals surface area contributed by atoms with Gasteiger partial charge in [0.15, 0.2) is 5.96 Å². The molecule has 7 heteroatoms. The summed E-state index contributed by atoms with van der Waals surface area (Å²) in [5.74, 6) is 1.88. The van der Waals surface area contributed by atoms with Crippen molar-refractivity contribution in [1.29, 1.82) is 0 Å². The Balaban J connectivity index is 0.00000261. The summed E-state index contributed by atoms with van der Waals surface area (Å²) in [6.45, 7) is 7.09. The molecule has 3 aliphatic rings. The smallest absolute Gasteiger partial charge is 0.191 e. The average Bonchev–Trinajstić information content (AvgIpc) is 3.34. The molecule has 0 aromatic heterocycles. The van der Waals surface area contributed by atoms with E-state index in [4.69, 9.17) is 9.47 Å². The largest absolute Gasteiger partial charge is 0.381 e. The molecule has 1 aliphatic carbocycles. The van der Waals surface area contributed by atoms with Crippen molar-refractivity contribution in [3.05, 3.63) is 0 Å². The summed E-state index contributed by atoms with van der Waals surface area (Å²) in [6, 6.07) is 0.529. The Hall–Kier alpha value is -0.120. The number of nitrogens with zero attached hydrogens (tertiary/aromatic N) is 2. The molecule has 158 valence electrons. The van der Waals surface area contributed by atoms with Gasteiger partial charge in [-0.2, -0.15) is 0 Å². The maximum atomic E-state index is 5.92. The van der Waals surface area contributed by atoms with Crippen molar-refractivity contribution in [3.8, 4) is 0 Å². The van der Waals surface area contributed by atoms with Crippen molar-refractivity contribution in [1.82, 2.24) is 15.5 Å². The van der Waals surface area contributed by atoms with E-state index in [-0.39, 0.29) is 24.0 Å². The zero-order valence-electron chi connectivity index (χ0n) is 17.0. The molecule has 3 fully saturated rings. The van der Waals surface area contributed by atoms with Gasteiger partial charge < -0.3 is 25.0 Å². The highest BCUT2D eigenvalue weighted by Gasteiger charge is 2.26. The lowest BCUT2D eigenvalue weighted by molar-refractivity contribution is -0.0320. The Bertz CT molecular complexity index is 426. The first kappa shape index (κ1) is 23.2. The second-order valence-electron chi connectivity index (χ2n) is 8.08. The summed E-state index contributed by atoms with van der Waals surface area (Å²) < 4.78 is 11.3. The molecule has 1 unspecified atom stereocenters. The van der Waals surface area contributed by atoms with Crippen LogP contribution in [0.15, 0.2) is 4.99 Å². The second kappa shape index (κ2) is 13.2. The number of likely N-dealkylation sites (tertiary alicyclic amines) is 1. The molecule has 0 spiro atoms. The van der Waals surface area contributed by atoms with Gasteiger partial charge in [-0.15, -0.1) is 24.0 Å². The Morgan fingerprint density at radius 2 is 1.93 bits per heavy atom. The maximum Gasteiger partial charge on any atom is 0.191 e. The van der Waals surface area contributed by atoms with E-state index in [1.54, 1.807) is 0 Å². The van der Waals surface area contributed by atoms with Gasteiger partial charge in [-0.3, -0.25) is 4.99 Å². The second-order valence-corrected chi connectivity index (χ2v) is 8.08. The number of guanidine groups is 1. The van der Waals surface area contributed by atoms with Crippen LogP contribution in [0.2, 0.25) is 0 Å². The number of hydrogen-bond donors (Lipinski definition) is 2. The van der Waals surface area contributed by atoms with Crippen LogP contribution in [0.3, 0.4) is 0 Å². The van der Waals surface area contributed by atoms with Crippen LogP contribution in [0.5, 0.6) is 0 Å². The summed E-state index contributed by atoms with van der Waals surface area (Å²) >= 11 is 0. The predicted octanol–water partition coefficient (Wildman–Crippen LogP) is 2.62. The fraction of sp³-hybridized carbons (Fsp3) is 0.950. The monoisotopic (exact) mass is 494 g/mol. The summed E-state index contributed by atoms with van der Waals surface area (Å²) in [6.07, 6.45) is 10.5. The third kappa shape index (κ3) is 8.41. The maximum absolute atomic E-state index is 5.92. The average molecular weight is 494 g/mol. The highest BCUT2D eigenvalue weighted by atomic mass is 127. The molecule has 6 nitrogen and oxygen atoms in total. The van der Waals surface area contributed by atoms with E-state index in [1.165, 1.54) is 45.2 Å². The van der Waals surface area contributed by atoms with Crippen molar-refractivity contribution in [2.75, 3.05) is 53.0 Å². The molecule has 0 aromatic carbocycles. The van der Waals surface area contributed by atoms with Crippen LogP contribution in [0, 0.1) is 5.92 Å². The summed E-state index contributed by atoms with van der Waals surface area (Å²) in [5, 5.41) is 7.04. The number of nitrogens with one attached hydrogen (secondary N) is 2. The molecule has 2 aliphatic heterocycles. The van der Waals surface area contributed by atoms with E-state index in [0.29, 0.717) is 12.1 Å². The first-order chi connectivity index (χ1) is 12.8. The van der Waals surface area contributed by atoms with Crippen molar-refractivity contribution in [2.45, 2.75) is 63.5 Å². The van der Waals surface area contributed by atoms with Crippen LogP contribution in [-0.4, -0.2) is 76.1 Å². The molecule has 27 heavy (non-hydrogen) atoms. The third-order valence-corrected chi connectivity index (χ3v) is 5.96. The molecule has 0 amide bonds. The van der Waals surface area contributed by atoms with Gasteiger partial charge in [-0.25, -0.2) is 0 Å². The molecule has 2 N–H and O–H groups in total. The molecule has 0 radical (unpaired) electrons. The van der Waals surface area contributed by atoms with Gasteiger partial charge in [0.2, 0.25) is 0 Å². The Morgan fingerprint density at radius 1 is 1.15 bits per heavy atom. The van der Waals surface area contributed by atoms with Crippen LogP contribution in [0.25, 0.3) is 0 Å². The van der Waals surface area contributed by atoms with E-state index in [9.17, 15) is 0 Å². The number of hydrogen-bond acceptors (Lipinski definition) is 4. The topological polar surface area (TPSA) is 58.1 Å². The zero-order chi connectivity index (χ0) is 18.0. The lowest BCUT2D eigenvalue weighted by atomic mass is 10.1. The normalized spacial score (nSPS) is 25.5. The SMILES string of the molecule is CN=C(NCCCOC1CCOCC1)NC1CCN(CC2CCCC2)C1.I. The van der Waals surface area contributed by atoms with Gasteiger partial charge in [-0.05, 0) is 44.4 Å². The first-order valence-corrected chi connectivity index (χ1v) is 10.7. The molecular formula is C20H39IN4O2. The van der Waals surface area contributed by atoms with Gasteiger partial charge in [-0.1, -0.05) is 12.8 Å². The molecule has 0 bridgehead atoms. The molecular weight excluding hydrogens is 455 g/mol. The van der Waals surface area contributed by atoms with Gasteiger partial charge in [0.25, 0.3) is 0 Å². The van der Waals surface area contributed by atoms with E-state index in [0.717, 1.165) is 64.1 Å². The minimum atomic E-state index is 0. The molecule has 0 aromatic rings. The predicted molar refractivity (Wildman–Crippen MR) is 121 cm³/mol. The van der Waals surface area contributed by atoms with Crippen molar-refractivity contribution in [3.63, 3.8) is 0 Å². The van der Waals surface area contributed by atoms with Crippen LogP contribution in [0.4, 0.5) is 0 Å². The fourth-order valence-corrected chi connectivity index (χ4v) is 4.43. The van der Waals surface area contributed by atoms with E-state index >= 15 is 0 Å². The van der Waals surface area contributed by atoms with Crippen LogP contribution < -0.4 is 10.6 Å². The highest BCUT2D eigenvalue weighted by Crippen LogP contribution is 2.26. The Morgan fingerprint density at radius 3 is 2.67 bits per heavy atom. The molecule has 1 saturated carbocycles. The van der Waals surface area contributed by atoms with E-state index < -0.39 is 0 Å². The van der Waals surface area contributed by atoms with E-state index in [2.05, 4.69) is 20.5 Å². The molecule has 2 saturated heterocycles. The summed E-state index contributed by atoms with van der Waals surface area (Å²) in [4.78, 5) is 7.03. The lowest BCUT2D eigenvalue weighted by Gasteiger charge is -2.23. The van der Waals surface area contributed by atoms with E-state index in [1.807, 2.05) is 7.05 Å². The van der Waals surface area contributed by atoms with Crippen LogP contribution in [-0.2, 0) is 9.47 Å². The first-order valence-electron chi connectivity index (χ1n) is 10.7. The number of rotatable bonds is 8. The fourth-order valence-electron chi connectivity index (χ4n) is 4.43. The van der Waals surface area contributed by atoms with Crippen molar-refractivity contribution in [2.24, 2.45) is 10.9 Å². The van der Waals surface area contributed by atoms with Gasteiger partial charge in [0, 0.05) is 59.1 Å². The highest BCUT2D eigenvalue weighted by molar-refractivity contribution is 14.0. The minimum Gasteiger partial charge on any atom is -0.381 e. The van der Waals surface area contributed by atoms with Crippen LogP contribution >= 0.6 is 24.0 Å². The van der Waals surface area contributed by atoms with Gasteiger partial charge >= 0.3 is 0 Å². The minimum absolute atomic E-state index is 0. The van der Waals surface area contributed by atoms with Crippen LogP contribution in [0.1, 0.15) is 51.4 Å². The van der Waals surface area contributed by atoms with Gasteiger partial charge in [0.05, 0.1) is 6.10 Å². The number of ether oxygens (including phenoxy) is 2. The Kier molecular flexibility index (Phi) is 11.3. The van der Waals surface area contributed by atoms with Crippen molar-refractivity contribution >= 4 is 29.9 Å². The quantitative estimate of drug-likeness (QED) is 0.235. The summed E-state index contributed by atoms with van der Waals surface area (Å²) in [5.41, 5.74) is 0. The molecule has 2 heterocycles. The standard InChI is InChI=1S/C20H38N4O2.HI/c1-21-20(22-10-4-12-26-19-8-13-25-14-9-19)23-18-7-11-24(16-18)15-17-5-2-3-6-17;/h17-19H,2-16H2,1H3,(H2,21,22,23);1H. The Labute approximate surface area is 182 Å². The molecule has 3 rings (SSSR count). The zero-order valence-corrected chi connectivity index (χ0v) is 19.3. The van der Waals surface area contributed by atoms with Gasteiger partial charge in [0.1, 0.15) is 0 Å².